The summed E-state index contributed by atoms with van der Waals surface area (Å²) in [6.07, 6.45) is -1.69. The van der Waals surface area contributed by atoms with Crippen molar-refractivity contribution in [1.82, 2.24) is 10.6 Å². The first kappa shape index (κ1) is 31.9. The van der Waals surface area contributed by atoms with Gasteiger partial charge < -0.3 is 24.8 Å². The van der Waals surface area contributed by atoms with Crippen molar-refractivity contribution in [3.05, 3.63) is 35.9 Å². The van der Waals surface area contributed by atoms with Crippen LogP contribution in [0.5, 0.6) is 0 Å². The predicted octanol–water partition coefficient (Wildman–Crippen LogP) is 4.38. The molecular formula is C28H44N2O7. The molecule has 0 spiro atoms. The lowest BCUT2D eigenvalue weighted by Crippen LogP contribution is -2.52. The van der Waals surface area contributed by atoms with Gasteiger partial charge >= 0.3 is 18.0 Å². The van der Waals surface area contributed by atoms with Gasteiger partial charge in [-0.05, 0) is 50.5 Å². The lowest BCUT2D eigenvalue weighted by molar-refractivity contribution is -0.163. The van der Waals surface area contributed by atoms with Crippen molar-refractivity contribution in [3.63, 3.8) is 0 Å². The van der Waals surface area contributed by atoms with Crippen molar-refractivity contribution in [2.75, 3.05) is 0 Å². The summed E-state index contributed by atoms with van der Waals surface area (Å²) in [7, 11) is 0. The third-order valence-electron chi connectivity index (χ3n) is 5.27. The Kier molecular flexibility index (Phi) is 12.6. The van der Waals surface area contributed by atoms with Gasteiger partial charge in [-0.1, -0.05) is 71.9 Å². The molecule has 37 heavy (non-hydrogen) atoms. The molecule has 9 heteroatoms. The molecule has 0 saturated carbocycles. The number of hydrogen-bond acceptors (Lipinski definition) is 7. The van der Waals surface area contributed by atoms with E-state index in [0.717, 1.165) is 5.56 Å². The van der Waals surface area contributed by atoms with Crippen LogP contribution in [0.4, 0.5) is 4.79 Å². The summed E-state index contributed by atoms with van der Waals surface area (Å²) in [6, 6.07) is 7.21. The first-order chi connectivity index (χ1) is 17.1. The molecule has 1 rings (SSSR count). The molecule has 0 saturated heterocycles. The standard InChI is InChI=1S/C28H44N2O7/c1-17(2)15-21(24(31)29-23(19(5)6)26(33)37-28(7,8)9)36-25(32)22(18(3)4)30-27(34)35-16-20-13-11-10-12-14-20/h10-14,17-19,21-23H,15-16H2,1-9H3,(H,29,31)(H,30,34). The quantitative estimate of drug-likeness (QED) is 0.310. The van der Waals surface area contributed by atoms with Crippen LogP contribution in [0.3, 0.4) is 0 Å². The van der Waals surface area contributed by atoms with E-state index in [4.69, 9.17) is 14.2 Å². The van der Waals surface area contributed by atoms with Crippen molar-refractivity contribution in [2.24, 2.45) is 17.8 Å². The third-order valence-corrected chi connectivity index (χ3v) is 5.27. The van der Waals surface area contributed by atoms with Crippen LogP contribution in [0, 0.1) is 17.8 Å². The summed E-state index contributed by atoms with van der Waals surface area (Å²) in [6.45, 7) is 16.1. The van der Waals surface area contributed by atoms with Crippen molar-refractivity contribution in [1.29, 1.82) is 0 Å². The van der Waals surface area contributed by atoms with Gasteiger partial charge in [0, 0.05) is 0 Å². The number of nitrogens with one attached hydrogen (secondary N) is 2. The Labute approximate surface area is 221 Å². The summed E-state index contributed by atoms with van der Waals surface area (Å²) >= 11 is 0. The highest BCUT2D eigenvalue weighted by Gasteiger charge is 2.35. The van der Waals surface area contributed by atoms with Crippen molar-refractivity contribution in [3.8, 4) is 0 Å². The zero-order valence-electron chi connectivity index (χ0n) is 23.6. The zero-order valence-corrected chi connectivity index (χ0v) is 23.6. The van der Waals surface area contributed by atoms with Gasteiger partial charge in [0.05, 0.1) is 0 Å². The Hall–Kier alpha value is -3.10. The lowest BCUT2D eigenvalue weighted by atomic mass is 10.0. The minimum absolute atomic E-state index is 0.0175. The van der Waals surface area contributed by atoms with Crippen molar-refractivity contribution < 1.29 is 33.4 Å². The van der Waals surface area contributed by atoms with Gasteiger partial charge in [0.15, 0.2) is 6.10 Å². The average Bonchev–Trinajstić information content (AvgIpc) is 2.77. The Morgan fingerprint density at radius 2 is 1.35 bits per heavy atom. The maximum atomic E-state index is 13.2. The molecule has 0 heterocycles. The van der Waals surface area contributed by atoms with E-state index >= 15 is 0 Å². The van der Waals surface area contributed by atoms with Crippen LogP contribution in [-0.2, 0) is 35.2 Å². The summed E-state index contributed by atoms with van der Waals surface area (Å²) in [4.78, 5) is 51.3. The first-order valence-corrected chi connectivity index (χ1v) is 12.8. The fraction of sp³-hybridized carbons (Fsp3) is 0.643. The molecule has 0 aliphatic carbocycles. The van der Waals surface area contributed by atoms with E-state index in [1.165, 1.54) is 0 Å². The fourth-order valence-electron chi connectivity index (χ4n) is 3.35. The molecule has 0 fully saturated rings. The number of carbonyl (C=O) groups is 4. The second-order valence-electron chi connectivity index (χ2n) is 11.2. The van der Waals surface area contributed by atoms with Gasteiger partial charge in [0.2, 0.25) is 0 Å². The third kappa shape index (κ3) is 12.1. The topological polar surface area (TPSA) is 120 Å². The molecule has 1 aromatic rings. The van der Waals surface area contributed by atoms with E-state index in [0.29, 0.717) is 0 Å². The fourth-order valence-corrected chi connectivity index (χ4v) is 3.35. The zero-order chi connectivity index (χ0) is 28.3. The normalized spacial score (nSPS) is 14.1. The van der Waals surface area contributed by atoms with Crippen molar-refractivity contribution >= 4 is 23.9 Å². The van der Waals surface area contributed by atoms with Gasteiger partial charge in [-0.25, -0.2) is 14.4 Å². The van der Waals surface area contributed by atoms with Crippen LogP contribution in [0.15, 0.2) is 30.3 Å². The summed E-state index contributed by atoms with van der Waals surface area (Å²) in [5, 5.41) is 5.24. The van der Waals surface area contributed by atoms with Crippen LogP contribution >= 0.6 is 0 Å². The van der Waals surface area contributed by atoms with E-state index in [-0.39, 0.29) is 30.8 Å². The van der Waals surface area contributed by atoms with Gasteiger partial charge in [-0.15, -0.1) is 0 Å². The van der Waals surface area contributed by atoms with E-state index < -0.39 is 47.7 Å². The molecular weight excluding hydrogens is 476 g/mol. The number of rotatable bonds is 12. The Balaban J connectivity index is 2.92. The molecule has 3 unspecified atom stereocenters. The molecule has 0 aromatic heterocycles. The highest BCUT2D eigenvalue weighted by Crippen LogP contribution is 2.16. The highest BCUT2D eigenvalue weighted by atomic mass is 16.6. The minimum atomic E-state index is -1.15. The Morgan fingerprint density at radius 1 is 0.811 bits per heavy atom. The number of hydrogen-bond donors (Lipinski definition) is 2. The second kappa shape index (κ2) is 14.6. The number of alkyl carbamates (subject to hydrolysis) is 1. The molecule has 1 aromatic carbocycles. The van der Waals surface area contributed by atoms with Gasteiger partial charge in [0.25, 0.3) is 5.91 Å². The average molecular weight is 521 g/mol. The van der Waals surface area contributed by atoms with Crippen LogP contribution in [0.2, 0.25) is 0 Å². The molecule has 0 bridgehead atoms. The molecule has 2 amide bonds. The Morgan fingerprint density at radius 3 is 1.84 bits per heavy atom. The number of esters is 2. The molecule has 208 valence electrons. The maximum Gasteiger partial charge on any atom is 0.408 e. The van der Waals surface area contributed by atoms with E-state index in [2.05, 4.69) is 10.6 Å². The SMILES string of the molecule is CC(C)CC(OC(=O)C(NC(=O)OCc1ccccc1)C(C)C)C(=O)NC(C(=O)OC(C)(C)C)C(C)C. The maximum absolute atomic E-state index is 13.2. The lowest BCUT2D eigenvalue weighted by Gasteiger charge is -2.29. The number of benzene rings is 1. The molecule has 9 nitrogen and oxygen atoms in total. The number of amides is 2. The number of ether oxygens (including phenoxy) is 3. The molecule has 0 aliphatic rings. The van der Waals surface area contributed by atoms with E-state index in [1.807, 2.05) is 44.2 Å². The predicted molar refractivity (Wildman–Crippen MR) is 140 cm³/mol. The first-order valence-electron chi connectivity index (χ1n) is 12.8. The van der Waals surface area contributed by atoms with Gasteiger partial charge in [0.1, 0.15) is 24.3 Å². The molecule has 0 radical (unpaired) electrons. The van der Waals surface area contributed by atoms with Crippen LogP contribution < -0.4 is 10.6 Å². The highest BCUT2D eigenvalue weighted by molar-refractivity contribution is 5.90. The summed E-state index contributed by atoms with van der Waals surface area (Å²) in [5.74, 6) is -2.48. The smallest absolute Gasteiger partial charge is 0.408 e. The van der Waals surface area contributed by atoms with Gasteiger partial charge in [-0.3, -0.25) is 4.79 Å². The second-order valence-corrected chi connectivity index (χ2v) is 11.2. The Bertz CT molecular complexity index is 892. The van der Waals surface area contributed by atoms with Crippen LogP contribution in [0.1, 0.15) is 74.3 Å². The van der Waals surface area contributed by atoms with Crippen LogP contribution in [-0.4, -0.2) is 47.7 Å². The monoisotopic (exact) mass is 520 g/mol. The van der Waals surface area contributed by atoms with Gasteiger partial charge in [-0.2, -0.15) is 0 Å². The van der Waals surface area contributed by atoms with Crippen molar-refractivity contribution in [2.45, 2.75) is 99.1 Å². The largest absolute Gasteiger partial charge is 0.458 e. The molecule has 2 N–H and O–H groups in total. The molecule has 0 aliphatic heterocycles. The summed E-state index contributed by atoms with van der Waals surface area (Å²) in [5.41, 5.74) is 0.0870. The van der Waals surface area contributed by atoms with Crippen LogP contribution in [0.25, 0.3) is 0 Å². The van der Waals surface area contributed by atoms with E-state index in [1.54, 1.807) is 48.5 Å². The number of carbonyl (C=O) groups excluding carboxylic acids is 4. The minimum Gasteiger partial charge on any atom is -0.458 e. The summed E-state index contributed by atoms with van der Waals surface area (Å²) < 4.78 is 16.3. The molecule has 3 atom stereocenters. The van der Waals surface area contributed by atoms with E-state index in [9.17, 15) is 19.2 Å².